The maximum Gasteiger partial charge on any atom is 0.392 e. The van der Waals surface area contributed by atoms with Crippen molar-refractivity contribution in [1.82, 2.24) is 0 Å². The van der Waals surface area contributed by atoms with E-state index in [0.717, 1.165) is 0 Å². The molecule has 0 saturated heterocycles. The molecule has 0 heterocycles. The molecule has 55 heavy (non-hydrogen) atoms. The Morgan fingerprint density at radius 1 is 0.291 bits per heavy atom. The number of ether oxygens (including phenoxy) is 6. The minimum absolute atomic E-state index is 0. The van der Waals surface area contributed by atoms with Crippen LogP contribution in [0.25, 0.3) is 29.1 Å². The third-order valence-electron chi connectivity index (χ3n) is 5.79. The van der Waals surface area contributed by atoms with Crippen LogP contribution in [0.3, 0.4) is 0 Å². The van der Waals surface area contributed by atoms with Crippen molar-refractivity contribution in [3.05, 3.63) is 68.5 Å². The summed E-state index contributed by atoms with van der Waals surface area (Å²) >= 11 is 0. The molecule has 0 unspecified atom stereocenters. The van der Waals surface area contributed by atoms with E-state index in [0.29, 0.717) is 0 Å². The number of hydrogen-bond acceptors (Lipinski definition) is 12. The van der Waals surface area contributed by atoms with Gasteiger partial charge in [-0.05, 0) is 0 Å². The first-order valence-electron chi connectivity index (χ1n) is 15.1. The second-order valence-electron chi connectivity index (χ2n) is 13.0. The summed E-state index contributed by atoms with van der Waals surface area (Å²) in [5.41, 5.74) is -6.11. The Kier molecular flexibility index (Phi) is 34.9. The average Bonchev–Trinajstić information content (AvgIpc) is 3.16. The Morgan fingerprint density at radius 2 is 0.364 bits per heavy atom. The topological polar surface area (TPSA) is 184 Å². The molecule has 0 bridgehead atoms. The van der Waals surface area contributed by atoms with E-state index in [2.05, 4.69) is 57.5 Å². The Hall–Kier alpha value is -5.59. The summed E-state index contributed by atoms with van der Waals surface area (Å²) in [4.78, 5) is 82.2. The van der Waals surface area contributed by atoms with Gasteiger partial charge >= 0.3 is 69.0 Å². The van der Waals surface area contributed by atoms with Gasteiger partial charge in [0.15, 0.2) is 0 Å². The van der Waals surface area contributed by atoms with Gasteiger partial charge in [-0.3, -0.25) is 29.1 Å². The van der Waals surface area contributed by atoms with E-state index < -0.39 is 69.0 Å². The number of methoxy groups -OCH3 is 6. The molecule has 0 aliphatic carbocycles. The molecular weight excluding hydrogens is 807 g/mol. The predicted molar refractivity (Wildman–Crippen MR) is 196 cm³/mol. The van der Waals surface area contributed by atoms with Gasteiger partial charge in [0.2, 0.25) is 0 Å². The molecule has 18 nitrogen and oxygen atoms in total. The predicted octanol–water partition coefficient (Wildman–Crippen LogP) is 5.14. The van der Waals surface area contributed by atoms with Gasteiger partial charge < -0.3 is 28.4 Å². The van der Waals surface area contributed by atoms with Gasteiger partial charge in [-0.25, -0.2) is 68.2 Å². The summed E-state index contributed by atoms with van der Waals surface area (Å²) in [5.74, 6) is -2.93. The molecule has 1 radical (unpaired) electrons. The molecule has 0 saturated carbocycles. The van der Waals surface area contributed by atoms with Crippen molar-refractivity contribution in [3.8, 4) is 0 Å². The van der Waals surface area contributed by atoms with Crippen LogP contribution in [-0.2, 0) is 77.3 Å². The molecule has 19 heteroatoms. The number of carbonyl (C=O) groups excluding carboxylic acids is 6. The molecule has 0 aromatic heterocycles. The monoisotopic (exact) mass is 861 g/mol. The van der Waals surface area contributed by atoms with Crippen molar-refractivity contribution < 1.29 is 77.3 Å². The zero-order valence-electron chi connectivity index (χ0n) is 35.0. The normalized spacial score (nSPS) is 9.82. The van der Waals surface area contributed by atoms with Crippen LogP contribution < -0.4 is 0 Å². The summed E-state index contributed by atoms with van der Waals surface area (Å²) < 4.78 is 26.1. The van der Waals surface area contributed by atoms with Crippen LogP contribution in [0.15, 0.2) is 0 Å². The smallest absolute Gasteiger partial charge is 0.392 e. The Balaban J connectivity index is -0.000000100. The fourth-order valence-corrected chi connectivity index (χ4v) is 1.77. The van der Waals surface area contributed by atoms with Crippen molar-refractivity contribution in [2.24, 2.45) is 0 Å². The van der Waals surface area contributed by atoms with E-state index >= 15 is 0 Å². The van der Waals surface area contributed by atoms with Gasteiger partial charge in [-0.2, -0.15) is 0 Å². The fraction of sp³-hybridized carbons (Fsp3) is 0.667. The van der Waals surface area contributed by atoms with Crippen LogP contribution in [0, 0.1) is 39.4 Å². The quantitative estimate of drug-likeness (QED) is 0.195. The average molecular weight is 862 g/mol. The van der Waals surface area contributed by atoms with E-state index in [1.807, 2.05) is 0 Å². The molecule has 0 aliphatic rings. The first kappa shape index (κ1) is 64.4. The number of esters is 6. The minimum Gasteiger partial charge on any atom is -0.463 e. The van der Waals surface area contributed by atoms with E-state index in [1.54, 1.807) is 0 Å². The molecule has 0 spiro atoms. The third-order valence-corrected chi connectivity index (χ3v) is 5.79. The Bertz CT molecular complexity index is 1230. The zero-order valence-corrected chi connectivity index (χ0v) is 36.8. The number of rotatable bonds is 6. The van der Waals surface area contributed by atoms with Crippen molar-refractivity contribution in [2.75, 3.05) is 42.7 Å². The summed E-state index contributed by atoms with van der Waals surface area (Å²) in [6.45, 7) is 57.6. The molecule has 0 aromatic carbocycles. The van der Waals surface area contributed by atoms with Crippen molar-refractivity contribution >= 4 is 35.8 Å². The molecule has 0 aliphatic heterocycles. The molecule has 0 amide bonds. The molecule has 0 aromatic rings. The number of hydrogen-bond donors (Lipinski definition) is 0. The molecule has 0 fully saturated rings. The zero-order chi connectivity index (χ0) is 44.9. The maximum atomic E-state index is 10.6. The molecular formula is C36H54N6O12Tc. The molecule has 307 valence electrons. The first-order valence-corrected chi connectivity index (χ1v) is 15.1. The molecule has 0 rings (SSSR count). The van der Waals surface area contributed by atoms with Crippen LogP contribution >= 0.6 is 0 Å². The van der Waals surface area contributed by atoms with E-state index in [1.165, 1.54) is 126 Å². The Morgan fingerprint density at radius 3 is 0.382 bits per heavy atom. The summed E-state index contributed by atoms with van der Waals surface area (Å²) in [6.07, 6.45) is 0. The van der Waals surface area contributed by atoms with Crippen LogP contribution in [0.2, 0.25) is 0 Å². The largest absolute Gasteiger partial charge is 0.463 e. The van der Waals surface area contributed by atoms with Gasteiger partial charge in [-0.15, -0.1) is 0 Å². The van der Waals surface area contributed by atoms with Gasteiger partial charge in [0, 0.05) is 103 Å². The molecule has 0 N–H and O–H groups in total. The maximum absolute atomic E-state index is 10.6. The van der Waals surface area contributed by atoms with Crippen molar-refractivity contribution in [2.45, 2.75) is 116 Å². The van der Waals surface area contributed by atoms with Gasteiger partial charge in [0.25, 0.3) is 0 Å². The van der Waals surface area contributed by atoms with Crippen LogP contribution in [0.5, 0.6) is 0 Å². The van der Waals surface area contributed by atoms with Gasteiger partial charge in [-0.1, -0.05) is 0 Å². The fourth-order valence-electron chi connectivity index (χ4n) is 1.77. The van der Waals surface area contributed by atoms with E-state index in [9.17, 15) is 28.8 Å². The van der Waals surface area contributed by atoms with Gasteiger partial charge in [0.05, 0.1) is 42.7 Å². The van der Waals surface area contributed by atoms with E-state index in [-0.39, 0.29) is 20.1 Å². The second-order valence-corrected chi connectivity index (χ2v) is 13.0. The standard InChI is InChI=1S/6C6H9NO2.Tc/c6*1-6(2,7-3)5(8)9-4;/h6*1-2,4H3;/i;;;;;;1+1. The van der Waals surface area contributed by atoms with Crippen molar-refractivity contribution in [3.63, 3.8) is 0 Å². The number of carbonyl (C=O) groups is 6. The summed E-state index contributed by atoms with van der Waals surface area (Å²) in [7, 11) is 7.64. The third kappa shape index (κ3) is 28.6. The van der Waals surface area contributed by atoms with Crippen molar-refractivity contribution in [1.29, 1.82) is 0 Å². The molecule has 0 atom stereocenters. The van der Waals surface area contributed by atoms with Crippen LogP contribution in [0.4, 0.5) is 0 Å². The summed E-state index contributed by atoms with van der Waals surface area (Å²) in [6, 6.07) is 0. The first-order chi connectivity index (χ1) is 24.3. The van der Waals surface area contributed by atoms with E-state index in [4.69, 9.17) is 39.4 Å². The summed E-state index contributed by atoms with van der Waals surface area (Å²) in [5, 5.41) is 0. The van der Waals surface area contributed by atoms with Crippen LogP contribution in [0.1, 0.15) is 83.1 Å². The number of nitrogens with zero attached hydrogens (tertiary/aromatic N) is 6. The Labute approximate surface area is 339 Å². The van der Waals surface area contributed by atoms with Gasteiger partial charge in [0.1, 0.15) is 0 Å². The SMILES string of the molecule is [99Tc].[C-]#[N+]C(C)(C)C(=O)OC.[C-]#[N+]C(C)(C)C(=O)OC.[C-]#[N+]C(C)(C)C(=O)OC.[C-]#[N+]C(C)(C)C(=O)OC.[C-]#[N+]C(C)(C)C(=O)OC.[C-]#[N+]C(C)(C)C(=O)OC. The minimum atomic E-state index is -1.02. The van der Waals surface area contributed by atoms with Crippen LogP contribution in [-0.4, -0.2) is 112 Å². The second kappa shape index (κ2) is 29.8.